The highest BCUT2D eigenvalue weighted by molar-refractivity contribution is 6.03. The number of ether oxygens (including phenoxy) is 2. The van der Waals surface area contributed by atoms with E-state index in [1.54, 1.807) is 18.2 Å². The summed E-state index contributed by atoms with van der Waals surface area (Å²) in [6, 6.07) is 0. The standard InChI is InChI=1S/C17H20O5/c1-5-12-9-17(14(19)21-3,15(20)22-4)10-16(12)7-6-13(18)8-11(16)2/h5-8,12H,1,9-10H2,2-4H3/t12-,16-/m0/s1. The van der Waals surface area contributed by atoms with Gasteiger partial charge in [0.05, 0.1) is 14.2 Å². The lowest BCUT2D eigenvalue weighted by Gasteiger charge is -2.34. The van der Waals surface area contributed by atoms with E-state index >= 15 is 0 Å². The molecule has 2 aliphatic rings. The smallest absolute Gasteiger partial charge is 0.323 e. The van der Waals surface area contributed by atoms with Crippen LogP contribution in [-0.4, -0.2) is 31.9 Å². The van der Waals surface area contributed by atoms with Gasteiger partial charge < -0.3 is 9.47 Å². The fraction of sp³-hybridized carbons (Fsp3) is 0.471. The maximum absolute atomic E-state index is 12.3. The Morgan fingerprint density at radius 2 is 1.91 bits per heavy atom. The molecule has 1 fully saturated rings. The minimum Gasteiger partial charge on any atom is -0.468 e. The van der Waals surface area contributed by atoms with E-state index in [9.17, 15) is 14.4 Å². The minimum atomic E-state index is -1.37. The Balaban J connectivity index is 2.56. The van der Waals surface area contributed by atoms with E-state index in [-0.39, 0.29) is 24.5 Å². The number of esters is 2. The molecule has 0 heterocycles. The SMILES string of the molecule is C=C[C@H]1CC(C(=O)OC)(C(=O)OC)C[C@]12C=CC(=O)C=C2C. The molecule has 118 valence electrons. The molecule has 1 saturated carbocycles. The molecule has 0 aromatic heterocycles. The third kappa shape index (κ3) is 2.12. The van der Waals surface area contributed by atoms with Crippen LogP contribution in [0, 0.1) is 16.7 Å². The van der Waals surface area contributed by atoms with Crippen LogP contribution in [0.3, 0.4) is 0 Å². The highest BCUT2D eigenvalue weighted by Crippen LogP contribution is 2.59. The van der Waals surface area contributed by atoms with Crippen LogP contribution in [0.4, 0.5) is 0 Å². The molecule has 5 nitrogen and oxygen atoms in total. The molecule has 2 rings (SSSR count). The number of ketones is 1. The first-order chi connectivity index (χ1) is 10.4. The number of methoxy groups -OCH3 is 2. The number of hydrogen-bond acceptors (Lipinski definition) is 5. The topological polar surface area (TPSA) is 69.7 Å². The molecule has 0 aromatic carbocycles. The number of allylic oxidation sites excluding steroid dienone is 5. The number of rotatable bonds is 3. The molecule has 0 saturated heterocycles. The van der Waals surface area contributed by atoms with Gasteiger partial charge in [-0.15, -0.1) is 6.58 Å². The lowest BCUT2D eigenvalue weighted by Crippen LogP contribution is -2.40. The number of hydrogen-bond donors (Lipinski definition) is 0. The van der Waals surface area contributed by atoms with Crippen molar-refractivity contribution in [3.8, 4) is 0 Å². The van der Waals surface area contributed by atoms with Crippen molar-refractivity contribution < 1.29 is 23.9 Å². The molecule has 0 radical (unpaired) electrons. The lowest BCUT2D eigenvalue weighted by atomic mass is 9.69. The van der Waals surface area contributed by atoms with Gasteiger partial charge in [0.2, 0.25) is 0 Å². The van der Waals surface area contributed by atoms with Crippen LogP contribution in [0.15, 0.2) is 36.5 Å². The second kappa shape index (κ2) is 5.55. The Kier molecular flexibility index (Phi) is 4.09. The second-order valence-electron chi connectivity index (χ2n) is 5.89. The van der Waals surface area contributed by atoms with Crippen molar-refractivity contribution in [1.29, 1.82) is 0 Å². The van der Waals surface area contributed by atoms with Crippen LogP contribution < -0.4 is 0 Å². The summed E-state index contributed by atoms with van der Waals surface area (Å²) in [4.78, 5) is 36.2. The highest BCUT2D eigenvalue weighted by atomic mass is 16.5. The number of carbonyl (C=O) groups is 3. The van der Waals surface area contributed by atoms with Crippen molar-refractivity contribution in [1.82, 2.24) is 0 Å². The zero-order valence-corrected chi connectivity index (χ0v) is 13.0. The summed E-state index contributed by atoms with van der Waals surface area (Å²) in [6.07, 6.45) is 6.99. The first-order valence-corrected chi connectivity index (χ1v) is 7.07. The fourth-order valence-corrected chi connectivity index (χ4v) is 3.71. The highest BCUT2D eigenvalue weighted by Gasteiger charge is 2.62. The van der Waals surface area contributed by atoms with E-state index in [0.29, 0.717) is 0 Å². The van der Waals surface area contributed by atoms with Crippen LogP contribution in [0.25, 0.3) is 0 Å². The summed E-state index contributed by atoms with van der Waals surface area (Å²) in [6.45, 7) is 5.67. The van der Waals surface area contributed by atoms with Crippen LogP contribution in [0.1, 0.15) is 19.8 Å². The van der Waals surface area contributed by atoms with Gasteiger partial charge in [-0.05, 0) is 37.8 Å². The van der Waals surface area contributed by atoms with Crippen molar-refractivity contribution in [2.75, 3.05) is 14.2 Å². The van der Waals surface area contributed by atoms with Gasteiger partial charge in [-0.25, -0.2) is 0 Å². The van der Waals surface area contributed by atoms with Gasteiger partial charge in [0.15, 0.2) is 11.2 Å². The molecule has 2 atom stereocenters. The van der Waals surface area contributed by atoms with E-state index in [4.69, 9.17) is 9.47 Å². The molecule has 1 spiro atoms. The largest absolute Gasteiger partial charge is 0.468 e. The third-order valence-electron chi connectivity index (χ3n) is 4.90. The Labute approximate surface area is 129 Å². The summed E-state index contributed by atoms with van der Waals surface area (Å²) >= 11 is 0. The van der Waals surface area contributed by atoms with Crippen molar-refractivity contribution in [3.63, 3.8) is 0 Å². The zero-order chi connectivity index (χ0) is 16.5. The van der Waals surface area contributed by atoms with Crippen LogP contribution in [-0.2, 0) is 23.9 Å². The van der Waals surface area contributed by atoms with E-state index in [1.165, 1.54) is 20.3 Å². The predicted molar refractivity (Wildman–Crippen MR) is 79.7 cm³/mol. The molecular weight excluding hydrogens is 284 g/mol. The van der Waals surface area contributed by atoms with Crippen LogP contribution >= 0.6 is 0 Å². The fourth-order valence-electron chi connectivity index (χ4n) is 3.71. The zero-order valence-electron chi connectivity index (χ0n) is 13.0. The second-order valence-corrected chi connectivity index (χ2v) is 5.89. The Bertz CT molecular complexity index is 582. The monoisotopic (exact) mass is 304 g/mol. The normalized spacial score (nSPS) is 29.1. The van der Waals surface area contributed by atoms with Gasteiger partial charge in [0.1, 0.15) is 0 Å². The molecule has 0 aliphatic heterocycles. The summed E-state index contributed by atoms with van der Waals surface area (Å²) in [5.74, 6) is -1.48. The molecule has 0 amide bonds. The molecule has 0 unspecified atom stereocenters. The molecular formula is C17H20O5. The molecule has 0 aromatic rings. The van der Waals surface area contributed by atoms with Gasteiger partial charge >= 0.3 is 11.9 Å². The first kappa shape index (κ1) is 16.2. The van der Waals surface area contributed by atoms with Crippen molar-refractivity contribution in [2.24, 2.45) is 16.7 Å². The molecule has 2 aliphatic carbocycles. The molecule has 0 N–H and O–H groups in total. The van der Waals surface area contributed by atoms with E-state index in [1.807, 2.05) is 6.92 Å². The van der Waals surface area contributed by atoms with Crippen molar-refractivity contribution in [2.45, 2.75) is 19.8 Å². The number of carbonyl (C=O) groups excluding carboxylic acids is 3. The Morgan fingerprint density at radius 1 is 1.32 bits per heavy atom. The third-order valence-corrected chi connectivity index (χ3v) is 4.90. The lowest BCUT2D eigenvalue weighted by molar-refractivity contribution is -0.169. The van der Waals surface area contributed by atoms with Crippen LogP contribution in [0.5, 0.6) is 0 Å². The van der Waals surface area contributed by atoms with Gasteiger partial charge in [0, 0.05) is 5.41 Å². The maximum Gasteiger partial charge on any atom is 0.323 e. The predicted octanol–water partition coefficient (Wildman–Crippen LogP) is 1.99. The minimum absolute atomic E-state index is 0.0976. The summed E-state index contributed by atoms with van der Waals surface area (Å²) in [5.41, 5.74) is -1.14. The maximum atomic E-state index is 12.3. The Hall–Kier alpha value is -2.17. The van der Waals surface area contributed by atoms with Gasteiger partial charge in [-0.2, -0.15) is 0 Å². The quantitative estimate of drug-likeness (QED) is 0.453. The summed E-state index contributed by atoms with van der Waals surface area (Å²) < 4.78 is 9.72. The van der Waals surface area contributed by atoms with Gasteiger partial charge in [0.25, 0.3) is 0 Å². The average Bonchev–Trinajstić information content (AvgIpc) is 2.86. The molecule has 22 heavy (non-hydrogen) atoms. The van der Waals surface area contributed by atoms with E-state index in [2.05, 4.69) is 6.58 Å². The van der Waals surface area contributed by atoms with Gasteiger partial charge in [-0.1, -0.05) is 17.7 Å². The van der Waals surface area contributed by atoms with E-state index in [0.717, 1.165) is 5.57 Å². The molecule has 5 heteroatoms. The van der Waals surface area contributed by atoms with Gasteiger partial charge in [-0.3, -0.25) is 14.4 Å². The average molecular weight is 304 g/mol. The van der Waals surface area contributed by atoms with Crippen molar-refractivity contribution >= 4 is 17.7 Å². The first-order valence-electron chi connectivity index (χ1n) is 7.07. The van der Waals surface area contributed by atoms with Crippen molar-refractivity contribution in [3.05, 3.63) is 36.5 Å². The molecule has 0 bridgehead atoms. The summed E-state index contributed by atoms with van der Waals surface area (Å²) in [5, 5.41) is 0. The Morgan fingerprint density at radius 3 is 2.36 bits per heavy atom. The van der Waals surface area contributed by atoms with E-state index < -0.39 is 22.8 Å². The summed E-state index contributed by atoms with van der Waals surface area (Å²) in [7, 11) is 2.51. The van der Waals surface area contributed by atoms with Crippen LogP contribution in [0.2, 0.25) is 0 Å².